The first kappa shape index (κ1) is 58.2. The number of oxime groups is 1. The van der Waals surface area contributed by atoms with Crippen LogP contribution >= 0.6 is 0 Å². The monoisotopic (exact) mass is 1010 g/mol. The molecule has 0 amide bonds. The van der Waals surface area contributed by atoms with E-state index in [0.717, 1.165) is 30.5 Å². The highest BCUT2D eigenvalue weighted by molar-refractivity contribution is 5.84. The van der Waals surface area contributed by atoms with Gasteiger partial charge in [-0.25, -0.2) is 9.67 Å². The minimum Gasteiger partial charge on any atom is -0.459 e. The van der Waals surface area contributed by atoms with Crippen LogP contribution < -0.4 is 11.1 Å². The van der Waals surface area contributed by atoms with Crippen molar-refractivity contribution >= 4 is 11.7 Å². The topological polar surface area (TPSA) is 206 Å². The van der Waals surface area contributed by atoms with E-state index in [4.69, 9.17) is 44.1 Å². The summed E-state index contributed by atoms with van der Waals surface area (Å²) in [6, 6.07) is 5.06. The van der Waals surface area contributed by atoms with Crippen molar-refractivity contribution < 1.29 is 48.3 Å². The van der Waals surface area contributed by atoms with Crippen LogP contribution in [0.4, 0.5) is 0 Å². The Bertz CT molecular complexity index is 2030. The number of likely N-dealkylation sites (N-methyl/N-ethyl adjacent to an activating group) is 1. The van der Waals surface area contributed by atoms with Gasteiger partial charge in [0, 0.05) is 55.2 Å². The number of methoxy groups -OCH3 is 1. The van der Waals surface area contributed by atoms with Gasteiger partial charge in [0.15, 0.2) is 18.4 Å². The molecular weight excluding hydrogens is 919 g/mol. The molecule has 17 nitrogen and oxygen atoms in total. The second-order valence-corrected chi connectivity index (χ2v) is 23.4. The van der Waals surface area contributed by atoms with Crippen LogP contribution in [-0.4, -0.2) is 147 Å². The molecular formula is C55H93N7O10. The molecule has 2 aromatic heterocycles. The van der Waals surface area contributed by atoms with Crippen molar-refractivity contribution in [3.8, 4) is 5.82 Å². The SMILES string of the molecule is CCCCC1(C)C[C@@]2(C)CC/C(=N/OCc3ccc(-n4cccn4)nc3)CC[C@H]([C@@H](C)CN1)[C@](C)(O)[C@@H](CC)OC(=O)[C@H](C)[C@@H](O[C@H]1C[C@@](C)(OC)[C@H](N)[C@H](C)O1)[C@H](C)[C@H]2O[C@@H]1O[C@H](C)C[C@H](N(C)C)[C@H]1O. The summed E-state index contributed by atoms with van der Waals surface area (Å²) in [5.41, 5.74) is 5.09. The Morgan fingerprint density at radius 2 is 1.81 bits per heavy atom. The van der Waals surface area contributed by atoms with E-state index in [1.54, 1.807) is 24.2 Å². The smallest absolute Gasteiger partial charge is 0.311 e. The minimum atomic E-state index is -1.43. The molecule has 5 aliphatic heterocycles. The normalized spacial score (nSPS) is 41.5. The summed E-state index contributed by atoms with van der Waals surface area (Å²) in [5, 5.41) is 38.5. The molecule has 7 heterocycles. The van der Waals surface area contributed by atoms with Crippen LogP contribution in [0.5, 0.6) is 0 Å². The standard InChI is InChI=1S/C55H93N7O10/c1-15-17-24-53(9)33-52(8)25-23-40(60-67-32-39-19-22-44(57-31-39)62-27-18-26-59-62)20-21-41(34(3)30-58-53)55(11,65)43(16-2)70-50(64)37(6)47(71-45-29-54(10,66-14)48(56)38(7)69-45)36(5)49(52)72-51-46(63)42(61(12)13)28-35(4)68-51/h18-19,22,26-27,31,34-38,41-43,45-49,51,58,63,65H,15-17,20-21,23-25,28-30,32-33,56H2,1-14H3/b60-40+/t34-,35+,36-,37+,38-,41+,42-,43+,45-,46+,47-,48+,49+,51-,52+,53?,54+,55-/m0/s1. The molecule has 0 aromatic carbocycles. The summed E-state index contributed by atoms with van der Waals surface area (Å²) in [6.45, 7) is 23.4. The Kier molecular flexibility index (Phi) is 20.0. The molecule has 7 rings (SSSR count). The largest absolute Gasteiger partial charge is 0.459 e. The van der Waals surface area contributed by atoms with Crippen molar-refractivity contribution in [1.29, 1.82) is 0 Å². The number of carbonyl (C=O) groups is 1. The van der Waals surface area contributed by atoms with Crippen LogP contribution in [-0.2, 0) is 44.7 Å². The molecule has 17 heteroatoms. The average molecular weight is 1010 g/mol. The molecule has 5 saturated heterocycles. The predicted octanol–water partition coefficient (Wildman–Crippen LogP) is 7.32. The lowest BCUT2D eigenvalue weighted by molar-refractivity contribution is -0.306. The number of ether oxygens (including phenoxy) is 6. The number of esters is 1. The van der Waals surface area contributed by atoms with Crippen molar-refractivity contribution in [2.45, 2.75) is 231 Å². The number of hydrogen-bond donors (Lipinski definition) is 4. The van der Waals surface area contributed by atoms with E-state index >= 15 is 4.79 Å². The van der Waals surface area contributed by atoms with Gasteiger partial charge in [-0.05, 0) is 143 Å². The molecule has 0 radical (unpaired) electrons. The van der Waals surface area contributed by atoms with Crippen molar-refractivity contribution in [3.05, 3.63) is 42.4 Å². The Morgan fingerprint density at radius 1 is 1.06 bits per heavy atom. The molecule has 5 N–H and O–H groups in total. The van der Waals surface area contributed by atoms with Crippen molar-refractivity contribution in [3.63, 3.8) is 0 Å². The van der Waals surface area contributed by atoms with E-state index in [9.17, 15) is 10.2 Å². The number of fused-ring (bicyclic) bond motifs is 15. The highest BCUT2D eigenvalue weighted by Crippen LogP contribution is 2.48. The van der Waals surface area contributed by atoms with Crippen molar-refractivity contribution in [2.75, 3.05) is 27.7 Å². The maximum atomic E-state index is 15.0. The first-order chi connectivity index (χ1) is 34.0. The van der Waals surface area contributed by atoms with Crippen LogP contribution in [0.25, 0.3) is 5.82 Å². The van der Waals surface area contributed by atoms with Crippen molar-refractivity contribution in [2.24, 2.45) is 40.0 Å². The van der Waals surface area contributed by atoms with Crippen molar-refractivity contribution in [1.82, 2.24) is 25.0 Å². The van der Waals surface area contributed by atoms with Gasteiger partial charge in [0.1, 0.15) is 24.4 Å². The number of nitrogens with two attached hydrogens (primary N) is 1. The summed E-state index contributed by atoms with van der Waals surface area (Å²) < 4.78 is 42.2. The van der Waals surface area contributed by atoms with Crippen LogP contribution in [0.2, 0.25) is 0 Å². The first-order valence-electron chi connectivity index (χ1n) is 27.1. The van der Waals surface area contributed by atoms with Gasteiger partial charge in [-0.1, -0.05) is 58.7 Å². The maximum absolute atomic E-state index is 15.0. The minimum absolute atomic E-state index is 0.0484. The van der Waals surface area contributed by atoms with Gasteiger partial charge < -0.3 is 59.4 Å². The van der Waals surface area contributed by atoms with E-state index in [-0.39, 0.29) is 30.6 Å². The molecule has 0 spiro atoms. The lowest BCUT2D eigenvalue weighted by Gasteiger charge is -2.52. The van der Waals surface area contributed by atoms with Gasteiger partial charge in [-0.3, -0.25) is 4.79 Å². The fourth-order valence-corrected chi connectivity index (χ4v) is 12.6. The third-order valence-corrected chi connectivity index (χ3v) is 17.2. The fourth-order valence-electron chi connectivity index (χ4n) is 12.6. The second kappa shape index (κ2) is 24.7. The van der Waals surface area contributed by atoms with Crippen LogP contribution in [0, 0.1) is 29.1 Å². The molecule has 18 atom stereocenters. The third kappa shape index (κ3) is 13.6. The number of rotatable bonds is 14. The number of nitrogens with one attached hydrogen (secondary N) is 1. The number of aromatic nitrogens is 3. The lowest BCUT2D eigenvalue weighted by Crippen LogP contribution is -2.62. The molecule has 2 aromatic rings. The van der Waals surface area contributed by atoms with Gasteiger partial charge in [-0.15, -0.1) is 0 Å². The zero-order valence-electron chi connectivity index (χ0n) is 46.2. The van der Waals surface area contributed by atoms with E-state index in [1.165, 1.54) is 0 Å². The Labute approximate surface area is 430 Å². The fraction of sp³-hybridized carbons (Fsp3) is 0.818. The van der Waals surface area contributed by atoms with E-state index in [1.807, 2.05) is 84.9 Å². The zero-order valence-corrected chi connectivity index (χ0v) is 46.2. The third-order valence-electron chi connectivity index (χ3n) is 17.2. The predicted molar refractivity (Wildman–Crippen MR) is 277 cm³/mol. The molecule has 5 aliphatic rings. The number of pyridine rings is 1. The Hall–Kier alpha value is -3.10. The highest BCUT2D eigenvalue weighted by Gasteiger charge is 2.54. The van der Waals surface area contributed by atoms with Crippen LogP contribution in [0.3, 0.4) is 0 Å². The number of carbonyl (C=O) groups excluding carboxylic acids is 1. The first-order valence-corrected chi connectivity index (χ1v) is 27.1. The van der Waals surface area contributed by atoms with Gasteiger partial charge in [0.25, 0.3) is 0 Å². The summed E-state index contributed by atoms with van der Waals surface area (Å²) in [6.07, 6.45) is 6.60. The van der Waals surface area contributed by atoms with Gasteiger partial charge in [0.2, 0.25) is 0 Å². The molecule has 72 heavy (non-hydrogen) atoms. The second-order valence-electron chi connectivity index (χ2n) is 23.4. The molecule has 0 aliphatic carbocycles. The molecule has 5 fully saturated rings. The van der Waals surface area contributed by atoms with E-state index in [0.29, 0.717) is 63.7 Å². The molecule has 408 valence electrons. The lowest BCUT2D eigenvalue weighted by atomic mass is 9.64. The summed E-state index contributed by atoms with van der Waals surface area (Å²) in [5.74, 6) is -1.55. The molecule has 1 unspecified atom stereocenters. The van der Waals surface area contributed by atoms with Gasteiger partial charge >= 0.3 is 5.97 Å². The van der Waals surface area contributed by atoms with Crippen LogP contribution in [0.15, 0.2) is 41.9 Å². The number of nitrogens with zero attached hydrogens (tertiary/aromatic N) is 5. The Balaban J connectivity index is 1.52. The summed E-state index contributed by atoms with van der Waals surface area (Å²) in [4.78, 5) is 27.9. The average Bonchev–Trinajstić information content (AvgIpc) is 3.89. The molecule has 0 saturated carbocycles. The van der Waals surface area contributed by atoms with E-state index in [2.05, 4.69) is 50.0 Å². The van der Waals surface area contributed by atoms with E-state index < -0.39 is 89.1 Å². The quantitative estimate of drug-likeness (QED) is 0.108. The number of hydrogen-bond acceptors (Lipinski definition) is 16. The van der Waals surface area contributed by atoms with Gasteiger partial charge in [0.05, 0.1) is 47.7 Å². The highest BCUT2D eigenvalue weighted by atomic mass is 16.7. The molecule has 2 bridgehead atoms. The summed E-state index contributed by atoms with van der Waals surface area (Å²) >= 11 is 0. The van der Waals surface area contributed by atoms with Crippen LogP contribution in [0.1, 0.15) is 152 Å². The number of aliphatic hydroxyl groups excluding tert-OH is 1. The Morgan fingerprint density at radius 3 is 2.44 bits per heavy atom. The number of aliphatic hydroxyl groups is 2. The summed E-state index contributed by atoms with van der Waals surface area (Å²) in [7, 11) is 5.59. The number of unbranched alkanes of at least 4 members (excludes halogenated alkanes) is 1. The maximum Gasteiger partial charge on any atom is 0.311 e. The van der Waals surface area contributed by atoms with Gasteiger partial charge in [-0.2, -0.15) is 5.10 Å². The zero-order chi connectivity index (χ0) is 52.8.